The van der Waals surface area contributed by atoms with E-state index in [1.54, 1.807) is 24.2 Å². The second-order valence-corrected chi connectivity index (χ2v) is 9.24. The number of halogens is 1. The van der Waals surface area contributed by atoms with Crippen molar-refractivity contribution in [2.75, 3.05) is 0 Å². The van der Waals surface area contributed by atoms with Gasteiger partial charge in [0.1, 0.15) is 0 Å². The summed E-state index contributed by atoms with van der Waals surface area (Å²) in [6.07, 6.45) is 3.46. The van der Waals surface area contributed by atoms with Gasteiger partial charge in [0.15, 0.2) is 0 Å². The molecule has 0 unspecified atom stereocenters. The van der Waals surface area contributed by atoms with E-state index in [1.807, 2.05) is 61.5 Å². The highest BCUT2D eigenvalue weighted by Crippen LogP contribution is 2.41. The molecule has 0 saturated carbocycles. The zero-order valence-corrected chi connectivity index (χ0v) is 19.5. The van der Waals surface area contributed by atoms with Gasteiger partial charge in [0, 0.05) is 50.4 Å². The summed E-state index contributed by atoms with van der Waals surface area (Å²) in [6, 6.07) is 23.6. The van der Waals surface area contributed by atoms with Crippen LogP contribution in [0.25, 0.3) is 0 Å². The largest absolute Gasteiger partial charge is 0.348 e. The van der Waals surface area contributed by atoms with Crippen molar-refractivity contribution in [2.24, 2.45) is 4.99 Å². The molecule has 3 aromatic carbocycles. The fraction of sp³-hybridized carbons (Fsp3) is 0.0741. The molecule has 1 N–H and O–H groups in total. The molecule has 0 radical (unpaired) electrons. The standard InChI is InChI=1S/C27H20ClN3OS/c1-17-13-19(8-10-22(17)28)26-21-6-2-3-7-24(21)33-25-11-9-20(14-23(25)31-26)27(32)30-16-18-5-4-12-29-15-18/h2-15H,16H2,1H3,(H,30,32). The van der Waals surface area contributed by atoms with Gasteiger partial charge in [-0.15, -0.1) is 0 Å². The third-order valence-electron chi connectivity index (χ3n) is 5.42. The first-order valence-corrected chi connectivity index (χ1v) is 11.7. The minimum Gasteiger partial charge on any atom is -0.348 e. The molecular weight excluding hydrogens is 450 g/mol. The average Bonchev–Trinajstić information content (AvgIpc) is 3.01. The van der Waals surface area contributed by atoms with Crippen molar-refractivity contribution < 1.29 is 4.79 Å². The number of carbonyl (C=O) groups excluding carboxylic acids is 1. The summed E-state index contributed by atoms with van der Waals surface area (Å²) < 4.78 is 0. The number of benzene rings is 3. The molecule has 0 fully saturated rings. The number of aliphatic imine (C=N–C) groups is 1. The quantitative estimate of drug-likeness (QED) is 0.322. The van der Waals surface area contributed by atoms with Crippen molar-refractivity contribution in [3.63, 3.8) is 0 Å². The third-order valence-corrected chi connectivity index (χ3v) is 6.99. The Kier molecular flexibility index (Phi) is 5.99. The van der Waals surface area contributed by atoms with Gasteiger partial charge < -0.3 is 5.32 Å². The number of hydrogen-bond donors (Lipinski definition) is 1. The van der Waals surface area contributed by atoms with Crippen LogP contribution in [0.5, 0.6) is 0 Å². The second-order valence-electron chi connectivity index (χ2n) is 7.75. The molecule has 162 valence electrons. The minimum atomic E-state index is -0.146. The first kappa shape index (κ1) is 21.4. The molecule has 33 heavy (non-hydrogen) atoms. The van der Waals surface area contributed by atoms with Crippen molar-refractivity contribution in [3.8, 4) is 0 Å². The van der Waals surface area contributed by atoms with E-state index in [2.05, 4.69) is 28.5 Å². The van der Waals surface area contributed by atoms with E-state index in [-0.39, 0.29) is 5.91 Å². The van der Waals surface area contributed by atoms with Crippen LogP contribution < -0.4 is 5.32 Å². The van der Waals surface area contributed by atoms with E-state index < -0.39 is 0 Å². The van der Waals surface area contributed by atoms with Crippen LogP contribution in [0, 0.1) is 6.92 Å². The summed E-state index contributed by atoms with van der Waals surface area (Å²) in [5.41, 5.74) is 6.20. The van der Waals surface area contributed by atoms with E-state index in [0.717, 1.165) is 48.5 Å². The molecule has 2 heterocycles. The van der Waals surface area contributed by atoms with E-state index >= 15 is 0 Å². The van der Waals surface area contributed by atoms with Crippen molar-refractivity contribution in [2.45, 2.75) is 23.3 Å². The molecule has 0 aliphatic carbocycles. The fourth-order valence-corrected chi connectivity index (χ4v) is 4.80. The SMILES string of the molecule is Cc1cc(C2=Nc3cc(C(=O)NCc4cccnc4)ccc3Sc3ccccc32)ccc1Cl. The van der Waals surface area contributed by atoms with E-state index in [9.17, 15) is 4.79 Å². The van der Waals surface area contributed by atoms with Crippen LogP contribution in [0.1, 0.15) is 32.6 Å². The number of nitrogens with one attached hydrogen (secondary N) is 1. The van der Waals surface area contributed by atoms with Gasteiger partial charge in [-0.2, -0.15) is 0 Å². The lowest BCUT2D eigenvalue weighted by Gasteiger charge is -2.10. The Bertz CT molecular complexity index is 1390. The van der Waals surface area contributed by atoms with Crippen molar-refractivity contribution in [1.29, 1.82) is 0 Å². The predicted molar refractivity (Wildman–Crippen MR) is 134 cm³/mol. The van der Waals surface area contributed by atoms with Crippen LogP contribution in [-0.2, 0) is 6.54 Å². The summed E-state index contributed by atoms with van der Waals surface area (Å²) in [4.78, 5) is 24.1. The number of nitrogens with zero attached hydrogens (tertiary/aromatic N) is 2. The average molecular weight is 470 g/mol. The first-order valence-electron chi connectivity index (χ1n) is 10.5. The van der Waals surface area contributed by atoms with E-state index in [4.69, 9.17) is 16.6 Å². The lowest BCUT2D eigenvalue weighted by atomic mass is 10.00. The molecule has 4 aromatic rings. The van der Waals surface area contributed by atoms with Gasteiger partial charge in [-0.1, -0.05) is 53.7 Å². The zero-order valence-electron chi connectivity index (χ0n) is 17.9. The molecule has 1 amide bonds. The van der Waals surface area contributed by atoms with E-state index in [0.29, 0.717) is 12.1 Å². The molecule has 1 aliphatic rings. The highest BCUT2D eigenvalue weighted by Gasteiger charge is 2.20. The summed E-state index contributed by atoms with van der Waals surface area (Å²) in [5, 5.41) is 3.69. The maximum absolute atomic E-state index is 12.8. The van der Waals surface area contributed by atoms with Gasteiger partial charge in [-0.25, -0.2) is 4.99 Å². The number of amides is 1. The van der Waals surface area contributed by atoms with Gasteiger partial charge in [-0.3, -0.25) is 9.78 Å². The minimum absolute atomic E-state index is 0.146. The summed E-state index contributed by atoms with van der Waals surface area (Å²) >= 11 is 7.93. The zero-order chi connectivity index (χ0) is 22.8. The molecule has 4 nitrogen and oxygen atoms in total. The highest BCUT2D eigenvalue weighted by atomic mass is 35.5. The summed E-state index contributed by atoms with van der Waals surface area (Å²) in [5.74, 6) is -0.146. The smallest absolute Gasteiger partial charge is 0.251 e. The molecule has 0 spiro atoms. The fourth-order valence-electron chi connectivity index (χ4n) is 3.68. The number of aryl methyl sites for hydroxylation is 1. The lowest BCUT2D eigenvalue weighted by Crippen LogP contribution is -2.22. The van der Waals surface area contributed by atoms with Crippen LogP contribution in [-0.4, -0.2) is 16.6 Å². The highest BCUT2D eigenvalue weighted by molar-refractivity contribution is 7.99. The second kappa shape index (κ2) is 9.22. The van der Waals surface area contributed by atoms with E-state index in [1.165, 1.54) is 0 Å². The molecule has 0 saturated heterocycles. The predicted octanol–water partition coefficient (Wildman–Crippen LogP) is 6.61. The molecular formula is C27H20ClN3OS. The van der Waals surface area contributed by atoms with Crippen LogP contribution in [0.4, 0.5) is 5.69 Å². The van der Waals surface area contributed by atoms with Crippen molar-refractivity contribution in [1.82, 2.24) is 10.3 Å². The molecule has 0 bridgehead atoms. The van der Waals surface area contributed by atoms with Gasteiger partial charge in [0.05, 0.1) is 11.4 Å². The van der Waals surface area contributed by atoms with Crippen LogP contribution in [0.2, 0.25) is 5.02 Å². The van der Waals surface area contributed by atoms with Gasteiger partial charge >= 0.3 is 0 Å². The first-order chi connectivity index (χ1) is 16.1. The number of aromatic nitrogens is 1. The van der Waals surface area contributed by atoms with Gasteiger partial charge in [-0.05, 0) is 60.5 Å². The number of carbonyl (C=O) groups is 1. The maximum atomic E-state index is 12.8. The Balaban J connectivity index is 1.53. The molecule has 1 aromatic heterocycles. The third kappa shape index (κ3) is 4.56. The van der Waals surface area contributed by atoms with Crippen molar-refractivity contribution in [3.05, 3.63) is 118 Å². The van der Waals surface area contributed by atoms with Crippen molar-refractivity contribution >= 4 is 40.7 Å². The molecule has 1 aliphatic heterocycles. The van der Waals surface area contributed by atoms with Gasteiger partial charge in [0.2, 0.25) is 0 Å². The monoisotopic (exact) mass is 469 g/mol. The number of hydrogen-bond acceptors (Lipinski definition) is 4. The normalized spacial score (nSPS) is 12.2. The Hall–Kier alpha value is -3.41. The lowest BCUT2D eigenvalue weighted by molar-refractivity contribution is 0.0951. The Labute approximate surface area is 201 Å². The molecule has 5 rings (SSSR count). The summed E-state index contributed by atoms with van der Waals surface area (Å²) in [7, 11) is 0. The number of rotatable bonds is 4. The number of pyridine rings is 1. The topological polar surface area (TPSA) is 54.4 Å². The maximum Gasteiger partial charge on any atom is 0.251 e. The van der Waals surface area contributed by atoms with Crippen LogP contribution >= 0.6 is 23.4 Å². The van der Waals surface area contributed by atoms with Crippen LogP contribution in [0.15, 0.2) is 100.0 Å². The number of fused-ring (bicyclic) bond motifs is 2. The van der Waals surface area contributed by atoms with Crippen LogP contribution in [0.3, 0.4) is 0 Å². The molecule has 6 heteroatoms. The van der Waals surface area contributed by atoms with Gasteiger partial charge in [0.25, 0.3) is 5.91 Å². The molecule has 0 atom stereocenters. The Morgan fingerprint density at radius 2 is 1.88 bits per heavy atom. The summed E-state index contributed by atoms with van der Waals surface area (Å²) in [6.45, 7) is 2.41. The Morgan fingerprint density at radius 3 is 2.70 bits per heavy atom. The Morgan fingerprint density at radius 1 is 1.00 bits per heavy atom.